The highest BCUT2D eigenvalue weighted by molar-refractivity contribution is 7.99. The van der Waals surface area contributed by atoms with Gasteiger partial charge in [-0.1, -0.05) is 30.0 Å². The normalized spacial score (nSPS) is 10.8. The Labute approximate surface area is 146 Å². The van der Waals surface area contributed by atoms with Crippen LogP contribution in [0.5, 0.6) is 0 Å². The number of thioether (sulfide) groups is 1. The predicted octanol–water partition coefficient (Wildman–Crippen LogP) is 3.16. The van der Waals surface area contributed by atoms with E-state index in [-0.39, 0.29) is 17.5 Å². The molecule has 2 heterocycles. The average molecular weight is 363 g/mol. The number of aromatic nitrogens is 4. The van der Waals surface area contributed by atoms with Crippen LogP contribution >= 0.6 is 23.1 Å². The number of nitrogens with one attached hydrogen (secondary N) is 1. The van der Waals surface area contributed by atoms with E-state index in [1.54, 1.807) is 29.1 Å². The first-order valence-electron chi connectivity index (χ1n) is 7.20. The molecule has 24 heavy (non-hydrogen) atoms. The number of benzene rings is 1. The molecule has 3 aromatic rings. The first-order valence-corrected chi connectivity index (χ1v) is 9.00. The van der Waals surface area contributed by atoms with Gasteiger partial charge in [0, 0.05) is 18.1 Å². The van der Waals surface area contributed by atoms with Crippen molar-refractivity contribution in [2.45, 2.75) is 18.5 Å². The second-order valence-electron chi connectivity index (χ2n) is 4.75. The Bertz CT molecular complexity index is 831. The highest BCUT2D eigenvalue weighted by Gasteiger charge is 2.11. The Morgan fingerprint density at radius 3 is 2.83 bits per heavy atom. The van der Waals surface area contributed by atoms with Crippen LogP contribution in [0.25, 0.3) is 5.69 Å². The Morgan fingerprint density at radius 1 is 1.33 bits per heavy atom. The lowest BCUT2D eigenvalue weighted by Crippen LogP contribution is -2.14. The molecule has 3 rings (SSSR count). The molecule has 0 saturated heterocycles. The van der Waals surface area contributed by atoms with Crippen LogP contribution in [0.15, 0.2) is 41.8 Å². The standard InChI is InChI=1S/C15H14FN5OS2/c1-2-13-19-20-14(24-13)18-12(22)9-23-15-17-7-8-21(15)11-5-3-10(16)4-6-11/h3-8H,2,9H2,1H3,(H,18,20,22). The average Bonchev–Trinajstić information content (AvgIpc) is 3.22. The molecule has 1 amide bonds. The van der Waals surface area contributed by atoms with E-state index >= 15 is 0 Å². The fraction of sp³-hybridized carbons (Fsp3) is 0.200. The van der Waals surface area contributed by atoms with Crippen LogP contribution < -0.4 is 5.32 Å². The predicted molar refractivity (Wildman–Crippen MR) is 92.2 cm³/mol. The Balaban J connectivity index is 1.61. The highest BCUT2D eigenvalue weighted by Crippen LogP contribution is 2.21. The minimum Gasteiger partial charge on any atom is -0.300 e. The molecule has 0 aliphatic heterocycles. The molecule has 124 valence electrons. The molecule has 0 atom stereocenters. The largest absolute Gasteiger partial charge is 0.300 e. The lowest BCUT2D eigenvalue weighted by atomic mass is 10.3. The van der Waals surface area contributed by atoms with E-state index in [2.05, 4.69) is 20.5 Å². The van der Waals surface area contributed by atoms with Gasteiger partial charge in [-0.05, 0) is 30.7 Å². The zero-order chi connectivity index (χ0) is 16.9. The van der Waals surface area contributed by atoms with Crippen molar-refractivity contribution in [2.24, 2.45) is 0 Å². The Kier molecular flexibility index (Phi) is 5.21. The summed E-state index contributed by atoms with van der Waals surface area (Å²) in [5.74, 6) is -0.275. The number of halogens is 1. The molecule has 6 nitrogen and oxygen atoms in total. The molecule has 1 N–H and O–H groups in total. The number of carbonyl (C=O) groups is 1. The lowest BCUT2D eigenvalue weighted by Gasteiger charge is -2.07. The molecular weight excluding hydrogens is 349 g/mol. The van der Waals surface area contributed by atoms with E-state index in [1.165, 1.54) is 35.2 Å². The van der Waals surface area contributed by atoms with Crippen molar-refractivity contribution in [3.63, 3.8) is 0 Å². The summed E-state index contributed by atoms with van der Waals surface area (Å²) in [6.07, 6.45) is 4.20. The summed E-state index contributed by atoms with van der Waals surface area (Å²) in [7, 11) is 0. The highest BCUT2D eigenvalue weighted by atomic mass is 32.2. The Morgan fingerprint density at radius 2 is 2.12 bits per heavy atom. The van der Waals surface area contributed by atoms with Crippen LogP contribution in [0, 0.1) is 5.82 Å². The molecule has 0 saturated carbocycles. The number of aryl methyl sites for hydroxylation is 1. The van der Waals surface area contributed by atoms with Crippen molar-refractivity contribution in [1.29, 1.82) is 0 Å². The molecule has 0 aliphatic carbocycles. The summed E-state index contributed by atoms with van der Waals surface area (Å²) in [4.78, 5) is 16.3. The van der Waals surface area contributed by atoms with Crippen molar-refractivity contribution in [3.8, 4) is 5.69 Å². The van der Waals surface area contributed by atoms with E-state index in [1.807, 2.05) is 6.92 Å². The number of amides is 1. The van der Waals surface area contributed by atoms with Gasteiger partial charge in [-0.3, -0.25) is 14.7 Å². The maximum Gasteiger partial charge on any atom is 0.236 e. The quantitative estimate of drug-likeness (QED) is 0.681. The maximum atomic E-state index is 13.0. The van der Waals surface area contributed by atoms with E-state index in [0.29, 0.717) is 10.3 Å². The fourth-order valence-electron chi connectivity index (χ4n) is 1.93. The number of anilines is 1. The molecular formula is C15H14FN5OS2. The Hall–Kier alpha value is -2.26. The van der Waals surface area contributed by atoms with Crippen LogP contribution in [-0.2, 0) is 11.2 Å². The van der Waals surface area contributed by atoms with Crippen molar-refractivity contribution in [1.82, 2.24) is 19.7 Å². The van der Waals surface area contributed by atoms with E-state index in [9.17, 15) is 9.18 Å². The third kappa shape index (κ3) is 3.98. The van der Waals surface area contributed by atoms with Crippen molar-refractivity contribution >= 4 is 34.1 Å². The van der Waals surface area contributed by atoms with Gasteiger partial charge in [-0.15, -0.1) is 10.2 Å². The second kappa shape index (κ2) is 7.54. The third-order valence-electron chi connectivity index (χ3n) is 3.06. The van der Waals surface area contributed by atoms with Gasteiger partial charge in [0.05, 0.1) is 5.75 Å². The minimum atomic E-state index is -0.295. The van der Waals surface area contributed by atoms with Gasteiger partial charge in [0.15, 0.2) is 5.16 Å². The first-order chi connectivity index (χ1) is 11.7. The molecule has 0 unspecified atom stereocenters. The molecule has 1 aromatic carbocycles. The molecule has 0 radical (unpaired) electrons. The van der Waals surface area contributed by atoms with Crippen LogP contribution in [0.1, 0.15) is 11.9 Å². The third-order valence-corrected chi connectivity index (χ3v) is 5.01. The SMILES string of the molecule is CCc1nnc(NC(=O)CSc2nccn2-c2ccc(F)cc2)s1. The molecule has 0 aliphatic rings. The number of nitrogens with zero attached hydrogens (tertiary/aromatic N) is 4. The van der Waals surface area contributed by atoms with E-state index < -0.39 is 0 Å². The summed E-state index contributed by atoms with van der Waals surface area (Å²) in [5, 5.41) is 12.6. The van der Waals surface area contributed by atoms with Crippen LogP contribution in [0.3, 0.4) is 0 Å². The van der Waals surface area contributed by atoms with Gasteiger partial charge in [0.25, 0.3) is 0 Å². The monoisotopic (exact) mass is 363 g/mol. The zero-order valence-corrected chi connectivity index (χ0v) is 14.4. The van der Waals surface area contributed by atoms with Gasteiger partial charge in [-0.25, -0.2) is 9.37 Å². The van der Waals surface area contributed by atoms with Crippen LogP contribution in [0.4, 0.5) is 9.52 Å². The minimum absolute atomic E-state index is 0.174. The molecule has 0 fully saturated rings. The number of hydrogen-bond acceptors (Lipinski definition) is 6. The number of imidazole rings is 1. The smallest absolute Gasteiger partial charge is 0.236 e. The van der Waals surface area contributed by atoms with Crippen LogP contribution in [-0.4, -0.2) is 31.4 Å². The summed E-state index contributed by atoms with van der Waals surface area (Å²) in [6.45, 7) is 1.98. The van der Waals surface area contributed by atoms with Gasteiger partial charge in [0.1, 0.15) is 10.8 Å². The maximum absolute atomic E-state index is 13.0. The summed E-state index contributed by atoms with van der Waals surface area (Å²) in [5.41, 5.74) is 0.786. The molecule has 0 bridgehead atoms. The molecule has 9 heteroatoms. The fourth-order valence-corrected chi connectivity index (χ4v) is 3.40. The second-order valence-corrected chi connectivity index (χ2v) is 6.75. The van der Waals surface area contributed by atoms with Gasteiger partial charge in [-0.2, -0.15) is 0 Å². The lowest BCUT2D eigenvalue weighted by molar-refractivity contribution is -0.113. The number of hydrogen-bond donors (Lipinski definition) is 1. The number of carbonyl (C=O) groups excluding carboxylic acids is 1. The number of rotatable bonds is 6. The summed E-state index contributed by atoms with van der Waals surface area (Å²) in [6, 6.07) is 6.10. The molecule has 0 spiro atoms. The first kappa shape index (κ1) is 16.6. The topological polar surface area (TPSA) is 72.7 Å². The zero-order valence-electron chi connectivity index (χ0n) is 12.8. The van der Waals surface area contributed by atoms with Gasteiger partial charge in [0.2, 0.25) is 11.0 Å². The summed E-state index contributed by atoms with van der Waals surface area (Å²) >= 11 is 2.66. The van der Waals surface area contributed by atoms with E-state index in [0.717, 1.165) is 17.1 Å². The molecule has 2 aromatic heterocycles. The van der Waals surface area contributed by atoms with Crippen LogP contribution in [0.2, 0.25) is 0 Å². The van der Waals surface area contributed by atoms with Crippen molar-refractivity contribution in [3.05, 3.63) is 47.5 Å². The van der Waals surface area contributed by atoms with Crippen molar-refractivity contribution < 1.29 is 9.18 Å². The van der Waals surface area contributed by atoms with E-state index in [4.69, 9.17) is 0 Å². The summed E-state index contributed by atoms with van der Waals surface area (Å²) < 4.78 is 14.8. The van der Waals surface area contributed by atoms with Gasteiger partial charge < -0.3 is 0 Å². The van der Waals surface area contributed by atoms with Crippen molar-refractivity contribution in [2.75, 3.05) is 11.1 Å². The van der Waals surface area contributed by atoms with Gasteiger partial charge >= 0.3 is 0 Å².